The Bertz CT molecular complexity index is 978. The van der Waals surface area contributed by atoms with Gasteiger partial charge in [0.1, 0.15) is 12.4 Å². The van der Waals surface area contributed by atoms with Gasteiger partial charge in [-0.05, 0) is 46.9 Å². The molecule has 146 valence electrons. The minimum absolute atomic E-state index is 0.573. The third-order valence-corrected chi connectivity index (χ3v) is 5.23. The molecule has 0 atom stereocenters. The lowest BCUT2D eigenvalue weighted by atomic mass is 10.0. The van der Waals surface area contributed by atoms with Crippen molar-refractivity contribution in [3.63, 3.8) is 0 Å². The van der Waals surface area contributed by atoms with Gasteiger partial charge in [0.15, 0.2) is 0 Å². The minimum atomic E-state index is 0.573. The van der Waals surface area contributed by atoms with E-state index in [0.29, 0.717) is 6.61 Å². The highest BCUT2D eigenvalue weighted by Crippen LogP contribution is 2.24. The Labute approximate surface area is 177 Å². The molecule has 2 nitrogen and oxygen atoms in total. The number of rotatable bonds is 7. The van der Waals surface area contributed by atoms with E-state index in [2.05, 4.69) is 71.8 Å². The van der Waals surface area contributed by atoms with Crippen molar-refractivity contribution in [1.29, 1.82) is 0 Å². The number of hydrogen-bond donors (Lipinski definition) is 0. The molecule has 3 aromatic rings. The molecular formula is C26H24ClNO. The predicted octanol–water partition coefficient (Wildman–Crippen LogP) is 6.38. The van der Waals surface area contributed by atoms with Gasteiger partial charge in [0.25, 0.3) is 0 Å². The van der Waals surface area contributed by atoms with Crippen molar-refractivity contribution >= 4 is 11.6 Å². The second-order valence-electron chi connectivity index (χ2n) is 7.25. The van der Waals surface area contributed by atoms with Crippen molar-refractivity contribution in [2.75, 3.05) is 6.54 Å². The second kappa shape index (κ2) is 9.49. The van der Waals surface area contributed by atoms with E-state index in [1.807, 2.05) is 30.3 Å². The Morgan fingerprint density at radius 1 is 0.759 bits per heavy atom. The zero-order valence-electron chi connectivity index (χ0n) is 16.3. The van der Waals surface area contributed by atoms with Gasteiger partial charge >= 0.3 is 0 Å². The second-order valence-corrected chi connectivity index (χ2v) is 7.69. The zero-order chi connectivity index (χ0) is 19.9. The van der Waals surface area contributed by atoms with E-state index in [-0.39, 0.29) is 0 Å². The first-order chi connectivity index (χ1) is 14.3. The number of ether oxygens (including phenoxy) is 1. The quantitative estimate of drug-likeness (QED) is 0.455. The highest BCUT2D eigenvalue weighted by molar-refractivity contribution is 6.30. The van der Waals surface area contributed by atoms with Crippen LogP contribution in [-0.4, -0.2) is 11.4 Å². The summed E-state index contributed by atoms with van der Waals surface area (Å²) in [5.74, 6) is 0.966. The van der Waals surface area contributed by atoms with Crippen molar-refractivity contribution < 1.29 is 4.74 Å². The first kappa shape index (κ1) is 19.4. The molecule has 0 aromatic heterocycles. The van der Waals surface area contributed by atoms with Crippen LogP contribution in [0.1, 0.15) is 16.7 Å². The van der Waals surface area contributed by atoms with Crippen molar-refractivity contribution in [2.24, 2.45) is 0 Å². The highest BCUT2D eigenvalue weighted by Gasteiger charge is 2.16. The summed E-state index contributed by atoms with van der Waals surface area (Å²) in [6.45, 7) is 2.30. The van der Waals surface area contributed by atoms with E-state index in [1.54, 1.807) is 0 Å². The molecule has 29 heavy (non-hydrogen) atoms. The third-order valence-electron chi connectivity index (χ3n) is 4.98. The average molecular weight is 402 g/mol. The molecule has 1 aliphatic rings. The molecule has 0 N–H and O–H groups in total. The molecule has 0 saturated carbocycles. The summed E-state index contributed by atoms with van der Waals surface area (Å²) in [7, 11) is 0. The molecule has 0 saturated heterocycles. The molecule has 3 heteroatoms. The number of hydrogen-bond acceptors (Lipinski definition) is 2. The normalized spacial score (nSPS) is 13.6. The molecule has 4 rings (SSSR count). The Kier molecular flexibility index (Phi) is 6.33. The lowest BCUT2D eigenvalue weighted by Crippen LogP contribution is -2.24. The van der Waals surface area contributed by atoms with E-state index < -0.39 is 0 Å². The van der Waals surface area contributed by atoms with Crippen LogP contribution in [0, 0.1) is 0 Å². The van der Waals surface area contributed by atoms with Crippen LogP contribution in [0.15, 0.2) is 109 Å². The van der Waals surface area contributed by atoms with Gasteiger partial charge < -0.3 is 9.64 Å². The largest absolute Gasteiger partial charge is 0.489 e. The van der Waals surface area contributed by atoms with Crippen LogP contribution >= 0.6 is 11.6 Å². The van der Waals surface area contributed by atoms with Crippen LogP contribution < -0.4 is 0 Å². The topological polar surface area (TPSA) is 12.5 Å². The molecule has 0 aliphatic carbocycles. The Hall–Kier alpha value is -2.97. The molecule has 0 amide bonds. The van der Waals surface area contributed by atoms with Gasteiger partial charge in [0.05, 0.1) is 0 Å². The molecule has 1 aliphatic heterocycles. The summed E-state index contributed by atoms with van der Waals surface area (Å²) in [6.07, 6.45) is 5.08. The van der Waals surface area contributed by atoms with Crippen molar-refractivity contribution in [3.05, 3.63) is 130 Å². The fourth-order valence-corrected chi connectivity index (χ4v) is 3.60. The molecular weight excluding hydrogens is 378 g/mol. The molecule has 0 bridgehead atoms. The first-order valence-corrected chi connectivity index (χ1v) is 10.2. The lowest BCUT2D eigenvalue weighted by Gasteiger charge is -2.28. The average Bonchev–Trinajstić information content (AvgIpc) is 2.76. The van der Waals surface area contributed by atoms with Crippen molar-refractivity contribution in [1.82, 2.24) is 4.90 Å². The summed E-state index contributed by atoms with van der Waals surface area (Å²) in [5.41, 5.74) is 4.99. The van der Waals surface area contributed by atoms with Crippen molar-refractivity contribution in [2.45, 2.75) is 19.6 Å². The minimum Gasteiger partial charge on any atom is -0.489 e. The van der Waals surface area contributed by atoms with E-state index in [4.69, 9.17) is 16.3 Å². The maximum atomic E-state index is 6.22. The molecule has 1 heterocycles. The molecule has 0 radical (unpaired) electrons. The van der Waals surface area contributed by atoms with Crippen LogP contribution in [0.25, 0.3) is 0 Å². The van der Waals surface area contributed by atoms with Gasteiger partial charge in [-0.3, -0.25) is 0 Å². The fourth-order valence-electron chi connectivity index (χ4n) is 3.47. The van der Waals surface area contributed by atoms with E-state index >= 15 is 0 Å². The Morgan fingerprint density at radius 2 is 1.41 bits per heavy atom. The Balaban J connectivity index is 1.51. The molecule has 0 unspecified atom stereocenters. The first-order valence-electron chi connectivity index (χ1n) is 9.85. The van der Waals surface area contributed by atoms with Crippen molar-refractivity contribution in [3.8, 4) is 0 Å². The Morgan fingerprint density at radius 3 is 2.10 bits per heavy atom. The SMILES string of the molecule is Clc1ccc(CC2=C(OCc3ccccc3)C=CN(Cc3ccccc3)C2)cc1. The van der Waals surface area contributed by atoms with Crippen LogP contribution in [0.4, 0.5) is 0 Å². The van der Waals surface area contributed by atoms with E-state index in [1.165, 1.54) is 22.3 Å². The summed E-state index contributed by atoms with van der Waals surface area (Å²) in [5, 5.41) is 0.762. The lowest BCUT2D eigenvalue weighted by molar-refractivity contribution is 0.199. The van der Waals surface area contributed by atoms with E-state index in [9.17, 15) is 0 Å². The zero-order valence-corrected chi connectivity index (χ0v) is 17.1. The number of allylic oxidation sites excluding steroid dienone is 1. The molecule has 0 spiro atoms. The number of halogens is 1. The van der Waals surface area contributed by atoms with E-state index in [0.717, 1.165) is 30.3 Å². The monoisotopic (exact) mass is 401 g/mol. The smallest absolute Gasteiger partial charge is 0.122 e. The highest BCUT2D eigenvalue weighted by atomic mass is 35.5. The van der Waals surface area contributed by atoms with Gasteiger partial charge in [0.2, 0.25) is 0 Å². The third kappa shape index (κ3) is 5.52. The van der Waals surface area contributed by atoms with Gasteiger partial charge in [-0.15, -0.1) is 0 Å². The van der Waals surface area contributed by atoms with Crippen LogP contribution in [0.5, 0.6) is 0 Å². The maximum Gasteiger partial charge on any atom is 0.122 e. The van der Waals surface area contributed by atoms with Gasteiger partial charge in [0, 0.05) is 24.3 Å². The fraction of sp³-hybridized carbons (Fsp3) is 0.154. The number of benzene rings is 3. The summed E-state index contributed by atoms with van der Waals surface area (Å²) in [4.78, 5) is 2.33. The number of nitrogens with zero attached hydrogens (tertiary/aromatic N) is 1. The standard InChI is InChI=1S/C26H24ClNO/c27-25-13-11-21(12-14-25)17-24-19-28(18-22-7-3-1-4-8-22)16-15-26(24)29-20-23-9-5-2-6-10-23/h1-16H,17-20H2. The van der Waals surface area contributed by atoms with Gasteiger partial charge in [-0.2, -0.15) is 0 Å². The molecule has 0 fully saturated rings. The summed E-state index contributed by atoms with van der Waals surface area (Å²) >= 11 is 6.06. The summed E-state index contributed by atoms with van der Waals surface area (Å²) in [6, 6.07) is 28.9. The van der Waals surface area contributed by atoms with Crippen LogP contribution in [0.3, 0.4) is 0 Å². The van der Waals surface area contributed by atoms with Crippen LogP contribution in [-0.2, 0) is 24.3 Å². The summed E-state index contributed by atoms with van der Waals surface area (Å²) < 4.78 is 6.22. The van der Waals surface area contributed by atoms with Gasteiger partial charge in [-0.1, -0.05) is 84.4 Å². The molecule has 3 aromatic carbocycles. The van der Waals surface area contributed by atoms with Crippen LogP contribution in [0.2, 0.25) is 5.02 Å². The van der Waals surface area contributed by atoms with Gasteiger partial charge in [-0.25, -0.2) is 0 Å². The predicted molar refractivity (Wildman–Crippen MR) is 119 cm³/mol. The maximum absolute atomic E-state index is 6.22.